The molecule has 0 saturated heterocycles. The van der Waals surface area contributed by atoms with Gasteiger partial charge in [0.2, 0.25) is 0 Å². The SMILES string of the molecule is Cc1cc(F)ccc1S(=O)(=O)Nc1cncc(C(=O)O)c1. The third-order valence-corrected chi connectivity index (χ3v) is 4.21. The average molecular weight is 310 g/mol. The molecule has 0 aliphatic rings. The highest BCUT2D eigenvalue weighted by atomic mass is 32.2. The highest BCUT2D eigenvalue weighted by Crippen LogP contribution is 2.20. The van der Waals surface area contributed by atoms with Gasteiger partial charge in [-0.05, 0) is 36.8 Å². The Bertz CT molecular complexity index is 806. The van der Waals surface area contributed by atoms with Gasteiger partial charge in [0.1, 0.15) is 5.82 Å². The number of sulfonamides is 1. The van der Waals surface area contributed by atoms with Crippen LogP contribution in [0.3, 0.4) is 0 Å². The maximum absolute atomic E-state index is 13.0. The first-order chi connectivity index (χ1) is 9.79. The molecule has 8 heteroatoms. The highest BCUT2D eigenvalue weighted by molar-refractivity contribution is 7.92. The summed E-state index contributed by atoms with van der Waals surface area (Å²) in [6.45, 7) is 1.46. The standard InChI is InChI=1S/C13H11FN2O4S/c1-8-4-10(14)2-3-12(8)21(19,20)16-11-5-9(13(17)18)6-15-7-11/h2-7,16H,1H3,(H,17,18). The number of pyridine rings is 1. The molecular formula is C13H11FN2O4S. The molecule has 21 heavy (non-hydrogen) atoms. The van der Waals surface area contributed by atoms with Gasteiger partial charge in [0.15, 0.2) is 0 Å². The smallest absolute Gasteiger partial charge is 0.337 e. The number of aromatic nitrogens is 1. The number of rotatable bonds is 4. The number of nitrogens with one attached hydrogen (secondary N) is 1. The van der Waals surface area contributed by atoms with E-state index in [1.54, 1.807) is 0 Å². The van der Waals surface area contributed by atoms with Crippen molar-refractivity contribution < 1.29 is 22.7 Å². The normalized spacial score (nSPS) is 11.1. The molecule has 0 saturated carbocycles. The van der Waals surface area contributed by atoms with E-state index in [1.807, 2.05) is 0 Å². The Labute approximate surface area is 120 Å². The summed E-state index contributed by atoms with van der Waals surface area (Å²) >= 11 is 0. The molecule has 0 unspecified atom stereocenters. The summed E-state index contributed by atoms with van der Waals surface area (Å²) in [5, 5.41) is 8.84. The molecule has 2 aromatic rings. The van der Waals surface area contributed by atoms with Gasteiger partial charge < -0.3 is 5.11 Å². The maximum atomic E-state index is 13.0. The van der Waals surface area contributed by atoms with Crippen LogP contribution in [0.2, 0.25) is 0 Å². The molecule has 0 atom stereocenters. The Balaban J connectivity index is 2.37. The summed E-state index contributed by atoms with van der Waals surface area (Å²) in [5.41, 5.74) is 0.106. The van der Waals surface area contributed by atoms with E-state index in [2.05, 4.69) is 9.71 Å². The molecule has 0 aliphatic carbocycles. The first-order valence-corrected chi connectivity index (χ1v) is 7.25. The number of anilines is 1. The Hall–Kier alpha value is -2.48. The summed E-state index contributed by atoms with van der Waals surface area (Å²) < 4.78 is 39.6. The number of nitrogens with zero attached hydrogens (tertiary/aromatic N) is 1. The van der Waals surface area contributed by atoms with Crippen LogP contribution in [-0.2, 0) is 10.0 Å². The lowest BCUT2D eigenvalue weighted by atomic mass is 10.2. The number of halogens is 1. The molecule has 1 aromatic heterocycles. The molecule has 0 fully saturated rings. The van der Waals surface area contributed by atoms with Crippen molar-refractivity contribution in [3.8, 4) is 0 Å². The van der Waals surface area contributed by atoms with Gasteiger partial charge >= 0.3 is 5.97 Å². The van der Waals surface area contributed by atoms with E-state index < -0.39 is 21.8 Å². The van der Waals surface area contributed by atoms with E-state index in [-0.39, 0.29) is 21.7 Å². The minimum absolute atomic E-state index is 0.0126. The number of carbonyl (C=O) groups is 1. The van der Waals surface area contributed by atoms with Gasteiger partial charge in [-0.25, -0.2) is 17.6 Å². The average Bonchev–Trinajstić information content (AvgIpc) is 2.37. The quantitative estimate of drug-likeness (QED) is 0.900. The van der Waals surface area contributed by atoms with E-state index >= 15 is 0 Å². The van der Waals surface area contributed by atoms with E-state index in [4.69, 9.17) is 5.11 Å². The van der Waals surface area contributed by atoms with Crippen molar-refractivity contribution in [3.63, 3.8) is 0 Å². The van der Waals surface area contributed by atoms with Gasteiger partial charge in [0, 0.05) is 6.20 Å². The molecule has 2 rings (SSSR count). The van der Waals surface area contributed by atoms with Crippen molar-refractivity contribution in [2.45, 2.75) is 11.8 Å². The molecule has 0 radical (unpaired) electrons. The van der Waals surface area contributed by atoms with Crippen LogP contribution in [-0.4, -0.2) is 24.5 Å². The molecule has 110 valence electrons. The molecule has 1 heterocycles. The summed E-state index contributed by atoms with van der Waals surface area (Å²) in [7, 11) is -3.95. The fourth-order valence-electron chi connectivity index (χ4n) is 1.74. The minimum Gasteiger partial charge on any atom is -0.478 e. The van der Waals surface area contributed by atoms with Crippen LogP contribution >= 0.6 is 0 Å². The molecule has 0 spiro atoms. The Morgan fingerprint density at radius 3 is 2.62 bits per heavy atom. The number of carboxylic acid groups (broad SMARTS) is 1. The molecular weight excluding hydrogens is 299 g/mol. The van der Waals surface area contributed by atoms with Gasteiger partial charge in [0.25, 0.3) is 10.0 Å². The first kappa shape index (κ1) is 14.9. The number of aryl methyl sites for hydroxylation is 1. The number of aromatic carboxylic acids is 1. The van der Waals surface area contributed by atoms with Crippen molar-refractivity contribution in [2.75, 3.05) is 4.72 Å². The maximum Gasteiger partial charge on any atom is 0.337 e. The predicted octanol–water partition coefficient (Wildman–Crippen LogP) is 2.03. The van der Waals surface area contributed by atoms with Gasteiger partial charge in [-0.1, -0.05) is 0 Å². The first-order valence-electron chi connectivity index (χ1n) is 5.77. The van der Waals surface area contributed by atoms with Crippen LogP contribution < -0.4 is 4.72 Å². The van der Waals surface area contributed by atoms with Crippen molar-refractivity contribution in [3.05, 3.63) is 53.6 Å². The van der Waals surface area contributed by atoms with Crippen LogP contribution in [0.5, 0.6) is 0 Å². The van der Waals surface area contributed by atoms with Crippen LogP contribution in [0.25, 0.3) is 0 Å². The third-order valence-electron chi connectivity index (χ3n) is 2.66. The molecule has 2 N–H and O–H groups in total. The van der Waals surface area contributed by atoms with Crippen LogP contribution in [0.4, 0.5) is 10.1 Å². The summed E-state index contributed by atoms with van der Waals surface area (Å²) in [4.78, 5) is 14.4. The second-order valence-corrected chi connectivity index (χ2v) is 5.93. The zero-order chi connectivity index (χ0) is 15.6. The Morgan fingerprint density at radius 2 is 2.00 bits per heavy atom. The number of benzene rings is 1. The van der Waals surface area contributed by atoms with Crippen LogP contribution in [0, 0.1) is 12.7 Å². The molecule has 1 aromatic carbocycles. The topological polar surface area (TPSA) is 96.4 Å². The van der Waals surface area contributed by atoms with Gasteiger partial charge in [0.05, 0.1) is 22.3 Å². The fraction of sp³-hybridized carbons (Fsp3) is 0.0769. The fourth-order valence-corrected chi connectivity index (χ4v) is 3.00. The minimum atomic E-state index is -3.95. The Morgan fingerprint density at radius 1 is 1.29 bits per heavy atom. The lowest BCUT2D eigenvalue weighted by Crippen LogP contribution is -2.15. The number of hydrogen-bond donors (Lipinski definition) is 2. The van der Waals surface area contributed by atoms with Crippen molar-refractivity contribution in [1.29, 1.82) is 0 Å². The highest BCUT2D eigenvalue weighted by Gasteiger charge is 2.18. The lowest BCUT2D eigenvalue weighted by molar-refractivity contribution is 0.0696. The molecule has 0 amide bonds. The summed E-state index contributed by atoms with van der Waals surface area (Å²) in [5.74, 6) is -1.76. The largest absolute Gasteiger partial charge is 0.478 e. The number of hydrogen-bond acceptors (Lipinski definition) is 4. The Kier molecular flexibility index (Phi) is 3.90. The van der Waals surface area contributed by atoms with Crippen molar-refractivity contribution in [1.82, 2.24) is 4.98 Å². The summed E-state index contributed by atoms with van der Waals surface area (Å²) in [6, 6.07) is 4.42. The van der Waals surface area contributed by atoms with Crippen molar-refractivity contribution in [2.24, 2.45) is 0 Å². The van der Waals surface area contributed by atoms with E-state index in [1.165, 1.54) is 13.1 Å². The molecule has 0 aliphatic heterocycles. The van der Waals surface area contributed by atoms with Gasteiger partial charge in [-0.15, -0.1) is 0 Å². The number of carboxylic acids is 1. The van der Waals surface area contributed by atoms with Crippen LogP contribution in [0.15, 0.2) is 41.6 Å². The van der Waals surface area contributed by atoms with Crippen molar-refractivity contribution >= 4 is 21.7 Å². The molecule has 0 bridgehead atoms. The second kappa shape index (κ2) is 5.49. The van der Waals surface area contributed by atoms with E-state index in [0.717, 1.165) is 30.5 Å². The monoisotopic (exact) mass is 310 g/mol. The zero-order valence-corrected chi connectivity index (χ0v) is 11.7. The summed E-state index contributed by atoms with van der Waals surface area (Å²) in [6.07, 6.45) is 2.28. The third kappa shape index (κ3) is 3.34. The zero-order valence-electron chi connectivity index (χ0n) is 10.9. The predicted molar refractivity (Wildman–Crippen MR) is 73.1 cm³/mol. The van der Waals surface area contributed by atoms with Crippen LogP contribution in [0.1, 0.15) is 15.9 Å². The van der Waals surface area contributed by atoms with E-state index in [9.17, 15) is 17.6 Å². The molecule has 6 nitrogen and oxygen atoms in total. The van der Waals surface area contributed by atoms with Gasteiger partial charge in [-0.2, -0.15) is 0 Å². The van der Waals surface area contributed by atoms with Gasteiger partial charge in [-0.3, -0.25) is 9.71 Å². The lowest BCUT2D eigenvalue weighted by Gasteiger charge is -2.10. The van der Waals surface area contributed by atoms with E-state index in [0.29, 0.717) is 0 Å². The second-order valence-electron chi connectivity index (χ2n) is 4.28.